The van der Waals surface area contributed by atoms with Crippen LogP contribution in [-0.4, -0.2) is 29.5 Å². The van der Waals surface area contributed by atoms with Crippen molar-refractivity contribution in [2.45, 2.75) is 55.4 Å². The maximum Gasteiger partial charge on any atom is 0.255 e. The van der Waals surface area contributed by atoms with Gasteiger partial charge in [0.25, 0.3) is 10.0 Å². The summed E-state index contributed by atoms with van der Waals surface area (Å²) in [5, 5.41) is 8.74. The molecule has 7 nitrogen and oxygen atoms in total. The lowest BCUT2D eigenvalue weighted by Crippen LogP contribution is -2.34. The van der Waals surface area contributed by atoms with Gasteiger partial charge in [0.2, 0.25) is 11.8 Å². The van der Waals surface area contributed by atoms with E-state index in [-0.39, 0.29) is 41.0 Å². The minimum absolute atomic E-state index is 0.0145. The van der Waals surface area contributed by atoms with E-state index in [4.69, 9.17) is 9.66 Å². The average Bonchev–Trinajstić information content (AvgIpc) is 2.87. The van der Waals surface area contributed by atoms with E-state index in [1.165, 1.54) is 12.3 Å². The molecule has 0 aliphatic heterocycles. The van der Waals surface area contributed by atoms with Gasteiger partial charge in [-0.05, 0) is 17.0 Å². The lowest BCUT2D eigenvalue weighted by atomic mass is 9.81. The third-order valence-electron chi connectivity index (χ3n) is 5.42. The fraction of sp³-hybridized carbons (Fsp3) is 0.562. The Kier molecular flexibility index (Phi) is 3.55. The summed E-state index contributed by atoms with van der Waals surface area (Å²) in [6, 6.07) is 3.04. The molecule has 0 spiro atoms. The van der Waals surface area contributed by atoms with Crippen molar-refractivity contribution >= 4 is 10.0 Å². The first-order valence-electron chi connectivity index (χ1n) is 8.19. The molecule has 4 rings (SSSR count). The molecule has 0 saturated heterocycles. The molecule has 0 unspecified atom stereocenters. The Morgan fingerprint density at radius 1 is 1.23 bits per heavy atom. The number of nitrogens with zero attached hydrogens (tertiary/aromatic N) is 3. The fourth-order valence-electron chi connectivity index (χ4n) is 3.85. The third kappa shape index (κ3) is 2.81. The molecule has 0 amide bonds. The van der Waals surface area contributed by atoms with Crippen LogP contribution in [0.15, 0.2) is 27.9 Å². The van der Waals surface area contributed by atoms with E-state index in [1.54, 1.807) is 6.07 Å². The van der Waals surface area contributed by atoms with E-state index in [9.17, 15) is 17.2 Å². The van der Waals surface area contributed by atoms with Crippen molar-refractivity contribution in [2.75, 3.05) is 0 Å². The largest absolute Gasteiger partial charge is 0.339 e. The Hall–Kier alpha value is -1.94. The van der Waals surface area contributed by atoms with Crippen LogP contribution in [-0.2, 0) is 10.0 Å². The highest BCUT2D eigenvalue weighted by molar-refractivity contribution is 7.89. The Morgan fingerprint density at radius 2 is 1.92 bits per heavy atom. The summed E-state index contributed by atoms with van der Waals surface area (Å²) in [4.78, 5) is 8.25. The summed E-state index contributed by atoms with van der Waals surface area (Å²) < 4.78 is 54.0. The van der Waals surface area contributed by atoms with Gasteiger partial charge in [0, 0.05) is 30.9 Å². The number of primary sulfonamides is 1. The molecule has 0 bridgehead atoms. The van der Waals surface area contributed by atoms with Gasteiger partial charge in [-0.1, -0.05) is 25.1 Å². The van der Waals surface area contributed by atoms with Gasteiger partial charge in [-0.3, -0.25) is 0 Å². The van der Waals surface area contributed by atoms with Crippen LogP contribution in [0.3, 0.4) is 0 Å². The smallest absolute Gasteiger partial charge is 0.255 e. The van der Waals surface area contributed by atoms with Gasteiger partial charge in [0.15, 0.2) is 10.9 Å². The lowest BCUT2D eigenvalue weighted by molar-refractivity contribution is -0.0888. The second-order valence-corrected chi connectivity index (χ2v) is 9.21. The van der Waals surface area contributed by atoms with Gasteiger partial charge in [-0.25, -0.2) is 27.3 Å². The van der Waals surface area contributed by atoms with Gasteiger partial charge in [-0.2, -0.15) is 4.98 Å². The molecular weight excluding hydrogens is 366 g/mol. The van der Waals surface area contributed by atoms with Crippen molar-refractivity contribution in [3.05, 3.63) is 35.6 Å². The summed E-state index contributed by atoms with van der Waals surface area (Å²) >= 11 is 0. The summed E-state index contributed by atoms with van der Waals surface area (Å²) in [5.74, 6) is -2.31. The summed E-state index contributed by atoms with van der Waals surface area (Å²) in [6.45, 7) is 4.05. The van der Waals surface area contributed by atoms with Crippen LogP contribution in [0.25, 0.3) is 0 Å². The molecule has 2 aromatic heterocycles. The van der Waals surface area contributed by atoms with Gasteiger partial charge in [-0.15, -0.1) is 0 Å². The highest BCUT2D eigenvalue weighted by atomic mass is 32.2. The predicted octanol–water partition coefficient (Wildman–Crippen LogP) is 2.53. The minimum Gasteiger partial charge on any atom is -0.339 e. The standard InChI is InChI=1S/C16H18F2N4O3S/c1-15(2)11(8-3-4-10(20-7-8)26(19,23)24)12(15)14-21-13(22-25-14)9-5-16(17,18)6-9/h3-4,7,9,11-12H,5-6H2,1-2H3,(H2,19,23,24)/t11-,12+/m1/s1. The lowest BCUT2D eigenvalue weighted by Gasteiger charge is -2.32. The van der Waals surface area contributed by atoms with Crippen LogP contribution >= 0.6 is 0 Å². The zero-order valence-corrected chi connectivity index (χ0v) is 15.0. The first-order chi connectivity index (χ1) is 12.0. The Bertz CT molecular complexity index is 948. The first kappa shape index (κ1) is 17.5. The molecule has 0 aromatic carbocycles. The minimum atomic E-state index is -3.84. The number of pyridine rings is 1. The van der Waals surface area contributed by atoms with Crippen LogP contribution in [0, 0.1) is 5.41 Å². The van der Waals surface area contributed by atoms with Gasteiger partial charge >= 0.3 is 0 Å². The molecule has 0 radical (unpaired) electrons. The zero-order valence-electron chi connectivity index (χ0n) is 14.2. The topological polar surface area (TPSA) is 112 Å². The van der Waals surface area contributed by atoms with Crippen molar-refractivity contribution in [1.82, 2.24) is 15.1 Å². The number of hydrogen-bond donors (Lipinski definition) is 1. The van der Waals surface area contributed by atoms with Gasteiger partial charge < -0.3 is 4.52 Å². The molecule has 2 aliphatic rings. The van der Waals surface area contributed by atoms with Crippen LogP contribution < -0.4 is 5.14 Å². The molecule has 2 atom stereocenters. The molecule has 2 N–H and O–H groups in total. The molecule has 140 valence electrons. The van der Waals surface area contributed by atoms with Crippen LogP contribution in [0.5, 0.6) is 0 Å². The molecular formula is C16H18F2N4O3S. The number of nitrogens with two attached hydrogens (primary N) is 1. The van der Waals surface area contributed by atoms with E-state index in [0.717, 1.165) is 5.56 Å². The van der Waals surface area contributed by atoms with Gasteiger partial charge in [0.1, 0.15) is 0 Å². The first-order valence-corrected chi connectivity index (χ1v) is 9.74. The van der Waals surface area contributed by atoms with Crippen LogP contribution in [0.2, 0.25) is 0 Å². The Balaban J connectivity index is 1.54. The zero-order chi connectivity index (χ0) is 18.9. The molecule has 2 saturated carbocycles. The number of aromatic nitrogens is 3. The molecule has 2 aliphatic carbocycles. The van der Waals surface area contributed by atoms with Crippen LogP contribution in [0.1, 0.15) is 61.7 Å². The van der Waals surface area contributed by atoms with Gasteiger partial charge in [0.05, 0.1) is 5.92 Å². The van der Waals surface area contributed by atoms with E-state index in [0.29, 0.717) is 11.7 Å². The van der Waals surface area contributed by atoms with Crippen molar-refractivity contribution in [3.63, 3.8) is 0 Å². The molecule has 2 heterocycles. The van der Waals surface area contributed by atoms with Crippen molar-refractivity contribution in [3.8, 4) is 0 Å². The SMILES string of the molecule is CC1(C)[C@H](c2ccc(S(N)(=O)=O)nc2)[C@H]1c1nc(C2CC(F)(F)C2)no1. The molecule has 2 aromatic rings. The van der Waals surface area contributed by atoms with Crippen molar-refractivity contribution < 1.29 is 21.7 Å². The second-order valence-electron chi connectivity index (χ2n) is 7.70. The maximum atomic E-state index is 13.0. The monoisotopic (exact) mass is 384 g/mol. The number of hydrogen-bond acceptors (Lipinski definition) is 6. The van der Waals surface area contributed by atoms with E-state index < -0.39 is 15.9 Å². The van der Waals surface area contributed by atoms with E-state index in [2.05, 4.69) is 15.1 Å². The number of sulfonamides is 1. The number of alkyl halides is 2. The normalized spacial score (nSPS) is 27.1. The highest BCUT2D eigenvalue weighted by Gasteiger charge is 2.62. The Labute approximate surface area is 149 Å². The van der Waals surface area contributed by atoms with Crippen molar-refractivity contribution in [1.29, 1.82) is 0 Å². The third-order valence-corrected chi connectivity index (χ3v) is 6.24. The number of rotatable bonds is 4. The molecule has 26 heavy (non-hydrogen) atoms. The van der Waals surface area contributed by atoms with Crippen molar-refractivity contribution in [2.24, 2.45) is 10.6 Å². The predicted molar refractivity (Wildman–Crippen MR) is 86.1 cm³/mol. The van der Waals surface area contributed by atoms with Crippen LogP contribution in [0.4, 0.5) is 8.78 Å². The summed E-state index contributed by atoms with van der Waals surface area (Å²) in [7, 11) is -3.84. The van der Waals surface area contributed by atoms with E-state index in [1.807, 2.05) is 13.8 Å². The summed E-state index contributed by atoms with van der Waals surface area (Å²) in [6.07, 6.45) is 0.987. The van der Waals surface area contributed by atoms with E-state index >= 15 is 0 Å². The average molecular weight is 384 g/mol. The molecule has 2 fully saturated rings. The second kappa shape index (κ2) is 5.29. The summed E-state index contributed by atoms with van der Waals surface area (Å²) in [5.41, 5.74) is 0.639. The maximum absolute atomic E-state index is 13.0. The highest BCUT2D eigenvalue weighted by Crippen LogP contribution is 2.69. The fourth-order valence-corrected chi connectivity index (χ4v) is 4.31. The number of halogens is 2. The quantitative estimate of drug-likeness (QED) is 0.867. The Morgan fingerprint density at radius 3 is 2.46 bits per heavy atom. The molecule has 10 heteroatoms.